The van der Waals surface area contributed by atoms with Crippen molar-refractivity contribution in [3.05, 3.63) is 11.8 Å². The van der Waals surface area contributed by atoms with Gasteiger partial charge in [0.25, 0.3) is 0 Å². The number of hydrogen-bond donors (Lipinski definition) is 3. The molecule has 0 atom stereocenters. The van der Waals surface area contributed by atoms with E-state index in [0.29, 0.717) is 0 Å². The van der Waals surface area contributed by atoms with Gasteiger partial charge < -0.3 is 15.9 Å². The minimum Gasteiger partial charge on any atom is -0.481 e. The summed E-state index contributed by atoms with van der Waals surface area (Å²) >= 11 is 0. The highest BCUT2D eigenvalue weighted by Gasteiger charge is 1.99. The smallest absolute Gasteiger partial charge is 0.309 e. The molecule has 0 spiro atoms. The molecule has 0 saturated carbocycles. The fraction of sp³-hybridized carbons (Fsp3) is 0.333. The van der Waals surface area contributed by atoms with Gasteiger partial charge in [-0.05, 0) is 0 Å². The Balaban J connectivity index is 3.81. The van der Waals surface area contributed by atoms with Crippen LogP contribution < -0.4 is 5.73 Å². The van der Waals surface area contributed by atoms with E-state index in [9.17, 15) is 9.59 Å². The van der Waals surface area contributed by atoms with Crippen LogP contribution in [0.2, 0.25) is 0 Å². The van der Waals surface area contributed by atoms with Crippen LogP contribution in [0.25, 0.3) is 0 Å². The van der Waals surface area contributed by atoms with E-state index in [1.54, 1.807) is 0 Å². The van der Waals surface area contributed by atoms with Gasteiger partial charge in [-0.1, -0.05) is 6.08 Å². The summed E-state index contributed by atoms with van der Waals surface area (Å²) in [5.41, 5.74) is 5.21. The van der Waals surface area contributed by atoms with Gasteiger partial charge in [0.1, 0.15) is 0 Å². The first kappa shape index (κ1) is 9.48. The SMILES string of the molecule is NC(=CCC(=O)O)CC(=O)O. The number of carboxylic acids is 2. The summed E-state index contributed by atoms with van der Waals surface area (Å²) in [6.45, 7) is 0. The molecule has 0 rings (SSSR count). The van der Waals surface area contributed by atoms with Crippen LogP contribution in [-0.4, -0.2) is 22.2 Å². The monoisotopic (exact) mass is 159 g/mol. The second-order valence-electron chi connectivity index (χ2n) is 1.95. The predicted octanol–water partition coefficient (Wildman–Crippen LogP) is -0.222. The Bertz CT molecular complexity index is 197. The number of carboxylic acid groups (broad SMARTS) is 2. The Morgan fingerprint density at radius 2 is 1.82 bits per heavy atom. The first-order valence-corrected chi connectivity index (χ1v) is 2.90. The van der Waals surface area contributed by atoms with E-state index >= 15 is 0 Å². The van der Waals surface area contributed by atoms with Crippen molar-refractivity contribution in [2.45, 2.75) is 12.8 Å². The van der Waals surface area contributed by atoms with Crippen molar-refractivity contribution in [1.82, 2.24) is 0 Å². The first-order chi connectivity index (χ1) is 5.02. The van der Waals surface area contributed by atoms with Crippen molar-refractivity contribution in [2.75, 3.05) is 0 Å². The normalized spacial score (nSPS) is 11.1. The highest BCUT2D eigenvalue weighted by Crippen LogP contribution is 1.94. The standard InChI is InChI=1S/C6H9NO4/c7-4(3-6(10)11)1-2-5(8)9/h1H,2-3,7H2,(H,8,9)(H,10,11). The maximum atomic E-state index is 9.99. The largest absolute Gasteiger partial charge is 0.481 e. The summed E-state index contributed by atoms with van der Waals surface area (Å²) in [6, 6.07) is 0. The third kappa shape index (κ3) is 6.36. The molecular weight excluding hydrogens is 150 g/mol. The molecule has 0 saturated heterocycles. The quantitative estimate of drug-likeness (QED) is 0.526. The molecule has 0 aromatic rings. The fourth-order valence-corrected chi connectivity index (χ4v) is 0.465. The molecule has 0 aliphatic carbocycles. The maximum Gasteiger partial charge on any atom is 0.309 e. The van der Waals surface area contributed by atoms with Gasteiger partial charge in [0.05, 0.1) is 12.8 Å². The molecule has 0 unspecified atom stereocenters. The van der Waals surface area contributed by atoms with Crippen molar-refractivity contribution < 1.29 is 19.8 Å². The molecule has 0 fully saturated rings. The minimum absolute atomic E-state index is 0.0694. The Hall–Kier alpha value is -1.52. The average molecular weight is 159 g/mol. The summed E-state index contributed by atoms with van der Waals surface area (Å²) in [7, 11) is 0. The highest BCUT2D eigenvalue weighted by atomic mass is 16.4. The lowest BCUT2D eigenvalue weighted by molar-refractivity contribution is -0.137. The second-order valence-corrected chi connectivity index (χ2v) is 1.95. The van der Waals surface area contributed by atoms with Crippen LogP contribution in [-0.2, 0) is 9.59 Å². The lowest BCUT2D eigenvalue weighted by Gasteiger charge is -1.93. The lowest BCUT2D eigenvalue weighted by atomic mass is 10.2. The fourth-order valence-electron chi connectivity index (χ4n) is 0.465. The second kappa shape index (κ2) is 4.32. The van der Waals surface area contributed by atoms with Gasteiger partial charge in [-0.2, -0.15) is 0 Å². The topological polar surface area (TPSA) is 101 Å². The molecule has 0 aliphatic rings. The number of aliphatic carboxylic acids is 2. The van der Waals surface area contributed by atoms with E-state index in [-0.39, 0.29) is 18.5 Å². The Morgan fingerprint density at radius 3 is 2.18 bits per heavy atom. The summed E-state index contributed by atoms with van der Waals surface area (Å²) in [5, 5.41) is 16.3. The Kier molecular flexibility index (Phi) is 3.72. The molecular formula is C6H9NO4. The third-order valence-electron chi connectivity index (χ3n) is 0.894. The van der Waals surface area contributed by atoms with Gasteiger partial charge in [0.2, 0.25) is 0 Å². The van der Waals surface area contributed by atoms with Crippen molar-refractivity contribution in [3.8, 4) is 0 Å². The summed E-state index contributed by atoms with van der Waals surface area (Å²) in [4.78, 5) is 19.9. The summed E-state index contributed by atoms with van der Waals surface area (Å²) in [5.74, 6) is -2.09. The first-order valence-electron chi connectivity index (χ1n) is 2.90. The van der Waals surface area contributed by atoms with E-state index in [2.05, 4.69) is 0 Å². The van der Waals surface area contributed by atoms with Gasteiger partial charge in [-0.25, -0.2) is 0 Å². The van der Waals surface area contributed by atoms with Crippen molar-refractivity contribution >= 4 is 11.9 Å². The number of hydrogen-bond acceptors (Lipinski definition) is 3. The maximum absolute atomic E-state index is 9.99. The molecule has 5 nitrogen and oxygen atoms in total. The molecule has 0 amide bonds. The molecule has 0 bridgehead atoms. The van der Waals surface area contributed by atoms with Crippen LogP contribution in [0.3, 0.4) is 0 Å². The van der Waals surface area contributed by atoms with Crippen LogP contribution in [0.15, 0.2) is 11.8 Å². The van der Waals surface area contributed by atoms with E-state index in [0.717, 1.165) is 0 Å². The molecule has 0 radical (unpaired) electrons. The molecule has 0 aromatic carbocycles. The van der Waals surface area contributed by atoms with E-state index in [4.69, 9.17) is 15.9 Å². The van der Waals surface area contributed by atoms with Crippen LogP contribution in [0.4, 0.5) is 0 Å². The molecule has 0 aliphatic heterocycles. The van der Waals surface area contributed by atoms with E-state index in [1.165, 1.54) is 6.08 Å². The molecule has 0 aromatic heterocycles. The zero-order chi connectivity index (χ0) is 8.85. The van der Waals surface area contributed by atoms with Gasteiger partial charge >= 0.3 is 11.9 Å². The summed E-state index contributed by atoms with van der Waals surface area (Å²) in [6.07, 6.45) is 0.628. The summed E-state index contributed by atoms with van der Waals surface area (Å²) < 4.78 is 0. The van der Waals surface area contributed by atoms with Crippen molar-refractivity contribution in [2.24, 2.45) is 5.73 Å². The van der Waals surface area contributed by atoms with Crippen molar-refractivity contribution in [1.29, 1.82) is 0 Å². The van der Waals surface area contributed by atoms with Gasteiger partial charge in [-0.15, -0.1) is 0 Å². The molecule has 4 N–H and O–H groups in total. The average Bonchev–Trinajstić information content (AvgIpc) is 1.82. The third-order valence-corrected chi connectivity index (χ3v) is 0.894. The molecule has 5 heteroatoms. The number of nitrogens with two attached hydrogens (primary N) is 1. The Morgan fingerprint density at radius 1 is 1.27 bits per heavy atom. The van der Waals surface area contributed by atoms with Crippen LogP contribution in [0.1, 0.15) is 12.8 Å². The number of rotatable bonds is 4. The van der Waals surface area contributed by atoms with Gasteiger partial charge in [-0.3, -0.25) is 9.59 Å². The highest BCUT2D eigenvalue weighted by molar-refractivity contribution is 5.71. The van der Waals surface area contributed by atoms with Gasteiger partial charge in [0.15, 0.2) is 0 Å². The predicted molar refractivity (Wildman–Crippen MR) is 36.8 cm³/mol. The molecule has 62 valence electrons. The van der Waals surface area contributed by atoms with E-state index < -0.39 is 11.9 Å². The zero-order valence-electron chi connectivity index (χ0n) is 5.78. The van der Waals surface area contributed by atoms with Gasteiger partial charge in [0, 0.05) is 5.70 Å². The van der Waals surface area contributed by atoms with Crippen molar-refractivity contribution in [3.63, 3.8) is 0 Å². The van der Waals surface area contributed by atoms with E-state index in [1.807, 2.05) is 0 Å². The lowest BCUT2D eigenvalue weighted by Crippen LogP contribution is -2.05. The zero-order valence-corrected chi connectivity index (χ0v) is 5.78. The van der Waals surface area contributed by atoms with Crippen LogP contribution in [0, 0.1) is 0 Å². The number of carbonyl (C=O) groups is 2. The molecule has 11 heavy (non-hydrogen) atoms. The molecule has 0 heterocycles. The Labute approximate surface area is 63.1 Å². The van der Waals surface area contributed by atoms with Crippen LogP contribution in [0.5, 0.6) is 0 Å². The van der Waals surface area contributed by atoms with Crippen LogP contribution >= 0.6 is 0 Å². The minimum atomic E-state index is -1.07.